The number of nitrogens with zero attached hydrogens (tertiary/aromatic N) is 2. The van der Waals surface area contributed by atoms with Crippen molar-refractivity contribution < 1.29 is 5.11 Å². The minimum Gasteiger partial charge on any atom is -0.394 e. The summed E-state index contributed by atoms with van der Waals surface area (Å²) in [5.74, 6) is 0.681. The molecular weight excluding hydrogens is 226 g/mol. The van der Waals surface area contributed by atoms with Gasteiger partial charge in [-0.15, -0.1) is 10.2 Å². The summed E-state index contributed by atoms with van der Waals surface area (Å²) in [6.45, 7) is 7.84. The maximum Gasteiger partial charge on any atom is 0.155 e. The van der Waals surface area contributed by atoms with Crippen molar-refractivity contribution in [2.75, 3.05) is 11.9 Å². The molecule has 5 heteroatoms. The molecule has 16 heavy (non-hydrogen) atoms. The summed E-state index contributed by atoms with van der Waals surface area (Å²) >= 11 is 5.87. The van der Waals surface area contributed by atoms with Crippen LogP contribution in [0, 0.1) is 13.8 Å². The number of aromatic nitrogens is 2. The Morgan fingerprint density at radius 2 is 1.94 bits per heavy atom. The van der Waals surface area contributed by atoms with Crippen LogP contribution in [-0.4, -0.2) is 27.4 Å². The van der Waals surface area contributed by atoms with Gasteiger partial charge in [0.15, 0.2) is 11.0 Å². The van der Waals surface area contributed by atoms with Crippen LogP contribution < -0.4 is 5.32 Å². The Labute approximate surface area is 101 Å². The third-order valence-corrected chi connectivity index (χ3v) is 3.37. The van der Waals surface area contributed by atoms with Crippen LogP contribution in [0.1, 0.15) is 31.4 Å². The van der Waals surface area contributed by atoms with Gasteiger partial charge in [0, 0.05) is 0 Å². The van der Waals surface area contributed by atoms with Crippen LogP contribution in [-0.2, 0) is 0 Å². The molecule has 0 fully saturated rings. The van der Waals surface area contributed by atoms with E-state index in [1.807, 2.05) is 27.7 Å². The van der Waals surface area contributed by atoms with Crippen LogP contribution in [0.4, 0.5) is 5.82 Å². The molecule has 0 amide bonds. The summed E-state index contributed by atoms with van der Waals surface area (Å²) in [5, 5.41) is 20.8. The predicted molar refractivity (Wildman–Crippen MR) is 65.9 cm³/mol. The molecule has 1 unspecified atom stereocenters. The first kappa shape index (κ1) is 13.2. The monoisotopic (exact) mass is 243 g/mol. The highest BCUT2D eigenvalue weighted by Gasteiger charge is 2.22. The second-order valence-corrected chi connectivity index (χ2v) is 4.64. The lowest BCUT2D eigenvalue weighted by Crippen LogP contribution is -2.38. The zero-order valence-corrected chi connectivity index (χ0v) is 10.9. The van der Waals surface area contributed by atoms with E-state index in [9.17, 15) is 5.11 Å². The van der Waals surface area contributed by atoms with Crippen LogP contribution >= 0.6 is 11.6 Å². The topological polar surface area (TPSA) is 58.0 Å². The van der Waals surface area contributed by atoms with Gasteiger partial charge in [-0.1, -0.05) is 18.5 Å². The summed E-state index contributed by atoms with van der Waals surface area (Å²) < 4.78 is 0. The fourth-order valence-electron chi connectivity index (χ4n) is 1.22. The van der Waals surface area contributed by atoms with Gasteiger partial charge in [0.1, 0.15) is 0 Å². The van der Waals surface area contributed by atoms with Crippen molar-refractivity contribution in [3.63, 3.8) is 0 Å². The van der Waals surface area contributed by atoms with Crippen molar-refractivity contribution in [3.05, 3.63) is 16.3 Å². The normalized spacial score (nSPS) is 14.6. The number of nitrogens with one attached hydrogen (secondary N) is 1. The third-order valence-electron chi connectivity index (χ3n) is 3.01. The van der Waals surface area contributed by atoms with Crippen LogP contribution in [0.15, 0.2) is 0 Å². The second-order valence-electron chi connectivity index (χ2n) is 4.29. The largest absolute Gasteiger partial charge is 0.394 e. The van der Waals surface area contributed by atoms with E-state index in [-0.39, 0.29) is 12.1 Å². The highest BCUT2D eigenvalue weighted by atomic mass is 35.5. The van der Waals surface area contributed by atoms with Crippen molar-refractivity contribution in [1.29, 1.82) is 0 Å². The first-order chi connectivity index (χ1) is 7.43. The van der Waals surface area contributed by atoms with Crippen molar-refractivity contribution >= 4 is 17.4 Å². The molecule has 0 radical (unpaired) electrons. The van der Waals surface area contributed by atoms with E-state index in [1.165, 1.54) is 0 Å². The SMILES string of the molecule is CCC(C)(CO)Nc1nnc(Cl)c(C)c1C. The summed E-state index contributed by atoms with van der Waals surface area (Å²) in [6.07, 6.45) is 0.798. The third kappa shape index (κ3) is 2.62. The zero-order chi connectivity index (χ0) is 12.3. The molecule has 0 aliphatic carbocycles. The predicted octanol–water partition coefficient (Wildman–Crippen LogP) is 2.32. The molecule has 0 saturated carbocycles. The Balaban J connectivity index is 3.03. The molecule has 1 rings (SSSR count). The van der Waals surface area contributed by atoms with Crippen molar-refractivity contribution in [3.8, 4) is 0 Å². The number of hydrogen-bond acceptors (Lipinski definition) is 4. The quantitative estimate of drug-likeness (QED) is 0.852. The Hall–Kier alpha value is -0.870. The maximum atomic E-state index is 9.32. The molecule has 0 saturated heterocycles. The Morgan fingerprint density at radius 1 is 1.31 bits per heavy atom. The molecule has 1 atom stereocenters. The molecule has 1 aromatic rings. The van der Waals surface area contributed by atoms with Gasteiger partial charge in [-0.25, -0.2) is 0 Å². The highest BCUT2D eigenvalue weighted by molar-refractivity contribution is 6.30. The van der Waals surface area contributed by atoms with Crippen LogP contribution in [0.5, 0.6) is 0 Å². The summed E-state index contributed by atoms with van der Waals surface area (Å²) in [4.78, 5) is 0. The molecule has 0 spiro atoms. The summed E-state index contributed by atoms with van der Waals surface area (Å²) in [5.41, 5.74) is 1.50. The number of halogens is 1. The van der Waals surface area contributed by atoms with E-state index >= 15 is 0 Å². The first-order valence-corrected chi connectivity index (χ1v) is 5.69. The lowest BCUT2D eigenvalue weighted by atomic mass is 10.00. The molecule has 1 heterocycles. The van der Waals surface area contributed by atoms with E-state index in [4.69, 9.17) is 11.6 Å². The lowest BCUT2D eigenvalue weighted by Gasteiger charge is -2.28. The van der Waals surface area contributed by atoms with Gasteiger partial charge in [-0.3, -0.25) is 0 Å². The van der Waals surface area contributed by atoms with Crippen LogP contribution in [0.3, 0.4) is 0 Å². The number of anilines is 1. The standard InChI is InChI=1S/C11H18ClN3O/c1-5-11(4,6-16)13-10-8(3)7(2)9(12)14-15-10/h16H,5-6H2,1-4H3,(H,13,15). The van der Waals surface area contributed by atoms with E-state index < -0.39 is 0 Å². The molecule has 2 N–H and O–H groups in total. The van der Waals surface area contributed by atoms with Crippen LogP contribution in [0.2, 0.25) is 5.15 Å². The van der Waals surface area contributed by atoms with Gasteiger partial charge < -0.3 is 10.4 Å². The molecular formula is C11H18ClN3O. The first-order valence-electron chi connectivity index (χ1n) is 5.32. The fraction of sp³-hybridized carbons (Fsp3) is 0.636. The van der Waals surface area contributed by atoms with Crippen molar-refractivity contribution in [1.82, 2.24) is 10.2 Å². The maximum absolute atomic E-state index is 9.32. The van der Waals surface area contributed by atoms with Crippen LogP contribution in [0.25, 0.3) is 0 Å². The van der Waals surface area contributed by atoms with Gasteiger partial charge in [0.25, 0.3) is 0 Å². The molecule has 0 bridgehead atoms. The second kappa shape index (κ2) is 4.97. The molecule has 0 aliphatic rings. The number of rotatable bonds is 4. The van der Waals surface area contributed by atoms with Gasteiger partial charge in [0.05, 0.1) is 12.1 Å². The lowest BCUT2D eigenvalue weighted by molar-refractivity contribution is 0.218. The Kier molecular flexibility index (Phi) is 4.10. The van der Waals surface area contributed by atoms with Gasteiger partial charge in [-0.05, 0) is 38.3 Å². The molecule has 4 nitrogen and oxygen atoms in total. The number of aliphatic hydroxyl groups excluding tert-OH is 1. The van der Waals surface area contributed by atoms with E-state index in [0.29, 0.717) is 11.0 Å². The smallest absolute Gasteiger partial charge is 0.155 e. The average Bonchev–Trinajstić information content (AvgIpc) is 2.30. The van der Waals surface area contributed by atoms with E-state index in [1.54, 1.807) is 0 Å². The van der Waals surface area contributed by atoms with Gasteiger partial charge >= 0.3 is 0 Å². The summed E-state index contributed by atoms with van der Waals surface area (Å²) in [7, 11) is 0. The average molecular weight is 244 g/mol. The van der Waals surface area contributed by atoms with E-state index in [2.05, 4.69) is 15.5 Å². The van der Waals surface area contributed by atoms with Crippen molar-refractivity contribution in [2.45, 2.75) is 39.7 Å². The Bertz CT molecular complexity index is 378. The minimum atomic E-state index is -0.375. The number of hydrogen-bond donors (Lipinski definition) is 2. The summed E-state index contributed by atoms with van der Waals surface area (Å²) in [6, 6.07) is 0. The number of aliphatic hydroxyl groups is 1. The highest BCUT2D eigenvalue weighted by Crippen LogP contribution is 2.24. The molecule has 90 valence electrons. The molecule has 0 aromatic carbocycles. The zero-order valence-electron chi connectivity index (χ0n) is 10.1. The molecule has 1 aromatic heterocycles. The van der Waals surface area contributed by atoms with Crippen molar-refractivity contribution in [2.24, 2.45) is 0 Å². The molecule has 0 aliphatic heterocycles. The van der Waals surface area contributed by atoms with Gasteiger partial charge in [-0.2, -0.15) is 0 Å². The Morgan fingerprint density at radius 3 is 2.44 bits per heavy atom. The van der Waals surface area contributed by atoms with Gasteiger partial charge in [0.2, 0.25) is 0 Å². The minimum absolute atomic E-state index is 0.0479. The fourth-order valence-corrected chi connectivity index (χ4v) is 1.40. The van der Waals surface area contributed by atoms with E-state index in [0.717, 1.165) is 17.5 Å².